The van der Waals surface area contributed by atoms with Crippen molar-refractivity contribution in [3.8, 4) is 6.07 Å². The molecule has 1 aromatic carbocycles. The fourth-order valence-electron chi connectivity index (χ4n) is 3.44. The summed E-state index contributed by atoms with van der Waals surface area (Å²) in [5.74, 6) is 0. The van der Waals surface area contributed by atoms with Gasteiger partial charge in [-0.2, -0.15) is 5.26 Å². The normalized spacial score (nSPS) is 20.0. The first-order valence-corrected chi connectivity index (χ1v) is 8.13. The zero-order valence-corrected chi connectivity index (χ0v) is 13.2. The monoisotopic (exact) mass is 314 g/mol. The maximum absolute atomic E-state index is 10.5. The van der Waals surface area contributed by atoms with Crippen molar-refractivity contribution in [3.05, 3.63) is 23.8 Å². The number of nitrogens with one attached hydrogen (secondary N) is 1. The van der Waals surface area contributed by atoms with Crippen molar-refractivity contribution < 1.29 is 9.53 Å². The van der Waals surface area contributed by atoms with Crippen LogP contribution in [0.5, 0.6) is 0 Å². The Morgan fingerprint density at radius 3 is 2.61 bits per heavy atom. The quantitative estimate of drug-likeness (QED) is 0.852. The van der Waals surface area contributed by atoms with Crippen LogP contribution in [0.1, 0.15) is 18.4 Å². The second-order valence-corrected chi connectivity index (χ2v) is 5.97. The Bertz CT molecular complexity index is 585. The number of piperazine rings is 1. The standard InChI is InChI=1S/C17H22N4O2/c18-12-14-11-15(19-13-22)1-2-17(14)21-7-5-20(6-8-21)16-3-9-23-10-4-16/h1-2,11,13,16H,3-10H2,(H,19,22). The van der Waals surface area contributed by atoms with Crippen molar-refractivity contribution in [3.63, 3.8) is 0 Å². The molecule has 0 spiro atoms. The van der Waals surface area contributed by atoms with Gasteiger partial charge in [-0.25, -0.2) is 0 Å². The van der Waals surface area contributed by atoms with Crippen LogP contribution in [0.4, 0.5) is 11.4 Å². The molecule has 2 saturated heterocycles. The number of rotatable bonds is 4. The van der Waals surface area contributed by atoms with E-state index in [2.05, 4.69) is 21.2 Å². The number of carbonyl (C=O) groups is 1. The molecule has 0 atom stereocenters. The molecular weight excluding hydrogens is 292 g/mol. The first kappa shape index (κ1) is 15.8. The van der Waals surface area contributed by atoms with Crippen LogP contribution in [0.25, 0.3) is 0 Å². The summed E-state index contributed by atoms with van der Waals surface area (Å²) in [4.78, 5) is 15.3. The fourth-order valence-corrected chi connectivity index (χ4v) is 3.44. The number of ether oxygens (including phenoxy) is 1. The molecule has 2 heterocycles. The number of hydrogen-bond donors (Lipinski definition) is 1. The van der Waals surface area contributed by atoms with Crippen LogP contribution in [0, 0.1) is 11.3 Å². The van der Waals surface area contributed by atoms with Gasteiger partial charge in [0.1, 0.15) is 6.07 Å². The highest BCUT2D eigenvalue weighted by Gasteiger charge is 2.26. The molecule has 1 amide bonds. The lowest BCUT2D eigenvalue weighted by Crippen LogP contribution is -2.51. The summed E-state index contributed by atoms with van der Waals surface area (Å²) in [5, 5.41) is 12.0. The van der Waals surface area contributed by atoms with E-state index in [9.17, 15) is 10.1 Å². The fraction of sp³-hybridized carbons (Fsp3) is 0.529. The van der Waals surface area contributed by atoms with E-state index in [0.717, 1.165) is 57.9 Å². The van der Waals surface area contributed by atoms with E-state index in [0.29, 0.717) is 23.7 Å². The molecule has 0 aliphatic carbocycles. The Morgan fingerprint density at radius 2 is 1.96 bits per heavy atom. The number of anilines is 2. The third-order valence-corrected chi connectivity index (χ3v) is 4.70. The van der Waals surface area contributed by atoms with E-state index in [-0.39, 0.29) is 0 Å². The molecular formula is C17H22N4O2. The SMILES string of the molecule is N#Cc1cc(NC=O)ccc1N1CCN(C2CCOCC2)CC1. The van der Waals surface area contributed by atoms with Crippen LogP contribution >= 0.6 is 0 Å². The highest BCUT2D eigenvalue weighted by molar-refractivity contribution is 5.75. The summed E-state index contributed by atoms with van der Waals surface area (Å²) >= 11 is 0. The molecule has 6 nitrogen and oxygen atoms in total. The number of benzene rings is 1. The minimum absolute atomic E-state index is 0.608. The van der Waals surface area contributed by atoms with Crippen LogP contribution < -0.4 is 10.2 Å². The predicted octanol–water partition coefficient (Wildman–Crippen LogP) is 1.43. The third-order valence-electron chi connectivity index (χ3n) is 4.70. The lowest BCUT2D eigenvalue weighted by molar-refractivity contribution is -0.105. The molecule has 3 rings (SSSR count). The summed E-state index contributed by atoms with van der Waals surface area (Å²) in [6.45, 7) is 5.62. The molecule has 2 aliphatic rings. The van der Waals surface area contributed by atoms with E-state index in [4.69, 9.17) is 4.74 Å². The molecule has 2 fully saturated rings. The Morgan fingerprint density at radius 1 is 1.22 bits per heavy atom. The number of amides is 1. The summed E-state index contributed by atoms with van der Waals surface area (Å²) in [7, 11) is 0. The van der Waals surface area contributed by atoms with Crippen molar-refractivity contribution >= 4 is 17.8 Å². The second kappa shape index (κ2) is 7.44. The van der Waals surface area contributed by atoms with Crippen molar-refractivity contribution in [2.24, 2.45) is 0 Å². The predicted molar refractivity (Wildman–Crippen MR) is 88.5 cm³/mol. The molecule has 0 aromatic heterocycles. The van der Waals surface area contributed by atoms with Gasteiger partial charge in [0.2, 0.25) is 6.41 Å². The van der Waals surface area contributed by atoms with Crippen LogP contribution in [0.3, 0.4) is 0 Å². The van der Waals surface area contributed by atoms with Gasteiger partial charge in [0.15, 0.2) is 0 Å². The molecule has 0 bridgehead atoms. The Hall–Kier alpha value is -2.10. The number of nitriles is 1. The maximum Gasteiger partial charge on any atom is 0.211 e. The number of carbonyl (C=O) groups excluding carboxylic acids is 1. The minimum atomic E-state index is 0.608. The largest absolute Gasteiger partial charge is 0.381 e. The zero-order valence-electron chi connectivity index (χ0n) is 13.2. The average Bonchev–Trinajstić information content (AvgIpc) is 2.63. The molecule has 2 aliphatic heterocycles. The molecule has 0 unspecified atom stereocenters. The van der Waals surface area contributed by atoms with Crippen LogP contribution in [-0.2, 0) is 9.53 Å². The van der Waals surface area contributed by atoms with Gasteiger partial charge >= 0.3 is 0 Å². The highest BCUT2D eigenvalue weighted by Crippen LogP contribution is 2.26. The summed E-state index contributed by atoms with van der Waals surface area (Å²) in [5.41, 5.74) is 2.22. The summed E-state index contributed by atoms with van der Waals surface area (Å²) in [6, 6.07) is 8.38. The minimum Gasteiger partial charge on any atom is -0.381 e. The van der Waals surface area contributed by atoms with Crippen LogP contribution in [-0.4, -0.2) is 56.7 Å². The number of hydrogen-bond acceptors (Lipinski definition) is 5. The smallest absolute Gasteiger partial charge is 0.211 e. The van der Waals surface area contributed by atoms with Gasteiger partial charge in [-0.05, 0) is 31.0 Å². The molecule has 1 N–H and O–H groups in total. The zero-order chi connectivity index (χ0) is 16.1. The average molecular weight is 314 g/mol. The molecule has 122 valence electrons. The van der Waals surface area contributed by atoms with Crippen molar-refractivity contribution in [2.45, 2.75) is 18.9 Å². The Kier molecular flexibility index (Phi) is 5.11. The number of nitrogens with zero attached hydrogens (tertiary/aromatic N) is 3. The Balaban J connectivity index is 1.65. The van der Waals surface area contributed by atoms with E-state index in [1.54, 1.807) is 6.07 Å². The molecule has 23 heavy (non-hydrogen) atoms. The lowest BCUT2D eigenvalue weighted by atomic mass is 10.1. The van der Waals surface area contributed by atoms with Gasteiger partial charge in [0, 0.05) is 51.1 Å². The second-order valence-electron chi connectivity index (χ2n) is 5.97. The maximum atomic E-state index is 10.5. The van der Waals surface area contributed by atoms with Gasteiger partial charge in [-0.3, -0.25) is 9.69 Å². The summed E-state index contributed by atoms with van der Waals surface area (Å²) in [6.07, 6.45) is 2.87. The van der Waals surface area contributed by atoms with E-state index in [1.807, 2.05) is 12.1 Å². The van der Waals surface area contributed by atoms with Crippen molar-refractivity contribution in [1.29, 1.82) is 5.26 Å². The van der Waals surface area contributed by atoms with Gasteiger partial charge in [-0.1, -0.05) is 0 Å². The molecule has 0 saturated carbocycles. The van der Waals surface area contributed by atoms with Gasteiger partial charge in [0.05, 0.1) is 11.3 Å². The van der Waals surface area contributed by atoms with Crippen molar-refractivity contribution in [2.75, 3.05) is 49.6 Å². The van der Waals surface area contributed by atoms with Gasteiger partial charge in [-0.15, -0.1) is 0 Å². The van der Waals surface area contributed by atoms with Gasteiger partial charge in [0.25, 0.3) is 0 Å². The molecule has 1 aromatic rings. The lowest BCUT2D eigenvalue weighted by Gasteiger charge is -2.41. The highest BCUT2D eigenvalue weighted by atomic mass is 16.5. The van der Waals surface area contributed by atoms with Crippen LogP contribution in [0.2, 0.25) is 0 Å². The van der Waals surface area contributed by atoms with Crippen molar-refractivity contribution in [1.82, 2.24) is 4.90 Å². The first-order chi connectivity index (χ1) is 11.3. The first-order valence-electron chi connectivity index (χ1n) is 8.13. The van der Waals surface area contributed by atoms with Crippen LogP contribution in [0.15, 0.2) is 18.2 Å². The van der Waals surface area contributed by atoms with E-state index < -0.39 is 0 Å². The van der Waals surface area contributed by atoms with E-state index >= 15 is 0 Å². The molecule has 0 radical (unpaired) electrons. The summed E-state index contributed by atoms with van der Waals surface area (Å²) < 4.78 is 5.44. The molecule has 6 heteroatoms. The topological polar surface area (TPSA) is 68.6 Å². The van der Waals surface area contributed by atoms with E-state index in [1.165, 1.54) is 0 Å². The third kappa shape index (κ3) is 3.63. The van der Waals surface area contributed by atoms with Gasteiger partial charge < -0.3 is 15.0 Å². The Labute approximate surface area is 136 Å².